The van der Waals surface area contributed by atoms with E-state index in [-0.39, 0.29) is 17.9 Å². The average molecular weight is 414 g/mol. The van der Waals surface area contributed by atoms with Gasteiger partial charge in [0, 0.05) is 18.3 Å². The Balaban J connectivity index is 1.83. The smallest absolute Gasteiger partial charge is 0.296 e. The van der Waals surface area contributed by atoms with Crippen molar-refractivity contribution in [2.75, 3.05) is 7.11 Å². The number of hydrogen-bond donors (Lipinski definition) is 1. The number of benzene rings is 2. The molecule has 31 heavy (non-hydrogen) atoms. The fourth-order valence-electron chi connectivity index (χ4n) is 3.72. The van der Waals surface area contributed by atoms with Crippen LogP contribution in [-0.2, 0) is 16.1 Å². The number of hydrogen-bond acceptors (Lipinski definition) is 5. The Labute approximate surface area is 180 Å². The number of rotatable bonds is 5. The first kappa shape index (κ1) is 20.3. The van der Waals surface area contributed by atoms with Gasteiger partial charge in [0.15, 0.2) is 0 Å². The van der Waals surface area contributed by atoms with Crippen LogP contribution in [0.4, 0.5) is 0 Å². The van der Waals surface area contributed by atoms with Gasteiger partial charge in [-0.2, -0.15) is 0 Å². The summed E-state index contributed by atoms with van der Waals surface area (Å²) in [7, 11) is 1.57. The normalized spacial score (nSPS) is 17.7. The van der Waals surface area contributed by atoms with Crippen molar-refractivity contribution in [2.45, 2.75) is 19.5 Å². The molecule has 1 unspecified atom stereocenters. The summed E-state index contributed by atoms with van der Waals surface area (Å²) in [5, 5.41) is 11.0. The number of nitrogens with zero attached hydrogens (tertiary/aromatic N) is 2. The molecule has 1 aliphatic rings. The van der Waals surface area contributed by atoms with Crippen LogP contribution in [0.1, 0.15) is 28.4 Å². The second-order valence-corrected chi connectivity index (χ2v) is 7.40. The third kappa shape index (κ3) is 3.92. The molecule has 2 aromatic carbocycles. The Morgan fingerprint density at radius 2 is 1.84 bits per heavy atom. The van der Waals surface area contributed by atoms with E-state index in [1.165, 1.54) is 4.90 Å². The zero-order chi connectivity index (χ0) is 22.0. The molecule has 156 valence electrons. The quantitative estimate of drug-likeness (QED) is 0.388. The van der Waals surface area contributed by atoms with Gasteiger partial charge in [-0.05, 0) is 36.8 Å². The molecular weight excluding hydrogens is 392 g/mol. The van der Waals surface area contributed by atoms with Crippen molar-refractivity contribution in [3.8, 4) is 5.75 Å². The van der Waals surface area contributed by atoms with E-state index in [9.17, 15) is 14.7 Å². The second kappa shape index (κ2) is 8.44. The minimum absolute atomic E-state index is 0.0375. The predicted molar refractivity (Wildman–Crippen MR) is 116 cm³/mol. The average Bonchev–Trinajstić information content (AvgIpc) is 3.04. The number of likely N-dealkylation sites (tertiary alicyclic amines) is 1. The first-order valence-corrected chi connectivity index (χ1v) is 9.89. The number of ether oxygens (including phenoxy) is 1. The van der Waals surface area contributed by atoms with Crippen molar-refractivity contribution >= 4 is 17.4 Å². The van der Waals surface area contributed by atoms with Crippen LogP contribution in [-0.4, -0.2) is 33.8 Å². The number of carbonyl (C=O) groups excluding carboxylic acids is 2. The van der Waals surface area contributed by atoms with E-state index in [2.05, 4.69) is 4.98 Å². The molecule has 1 saturated heterocycles. The van der Waals surface area contributed by atoms with Crippen LogP contribution < -0.4 is 4.74 Å². The van der Waals surface area contributed by atoms with Gasteiger partial charge in [-0.1, -0.05) is 48.0 Å². The predicted octanol–water partition coefficient (Wildman–Crippen LogP) is 4.02. The van der Waals surface area contributed by atoms with E-state index < -0.39 is 17.7 Å². The number of aryl methyl sites for hydroxylation is 1. The molecule has 2 heterocycles. The lowest BCUT2D eigenvalue weighted by molar-refractivity contribution is -0.140. The third-order valence-electron chi connectivity index (χ3n) is 5.32. The van der Waals surface area contributed by atoms with Gasteiger partial charge >= 0.3 is 0 Å². The lowest BCUT2D eigenvalue weighted by Gasteiger charge is -2.24. The summed E-state index contributed by atoms with van der Waals surface area (Å²) in [5.74, 6) is -0.950. The second-order valence-electron chi connectivity index (χ2n) is 7.40. The Morgan fingerprint density at radius 1 is 1.06 bits per heavy atom. The van der Waals surface area contributed by atoms with Crippen LogP contribution in [0, 0.1) is 6.92 Å². The van der Waals surface area contributed by atoms with E-state index in [1.54, 1.807) is 43.6 Å². The number of aliphatic hydroxyl groups excluding tert-OH is 1. The van der Waals surface area contributed by atoms with Crippen molar-refractivity contribution in [1.29, 1.82) is 0 Å². The largest absolute Gasteiger partial charge is 0.507 e. The van der Waals surface area contributed by atoms with Crippen molar-refractivity contribution in [3.05, 3.63) is 101 Å². The highest BCUT2D eigenvalue weighted by Crippen LogP contribution is 2.39. The maximum Gasteiger partial charge on any atom is 0.296 e. The molecule has 0 radical (unpaired) electrons. The molecule has 6 heteroatoms. The molecule has 0 spiro atoms. The molecule has 1 aliphatic heterocycles. The van der Waals surface area contributed by atoms with Crippen molar-refractivity contribution in [1.82, 2.24) is 9.88 Å². The van der Waals surface area contributed by atoms with Gasteiger partial charge in [0.2, 0.25) is 0 Å². The number of ketones is 1. The van der Waals surface area contributed by atoms with Crippen molar-refractivity contribution in [2.24, 2.45) is 0 Å². The van der Waals surface area contributed by atoms with Crippen LogP contribution in [0.3, 0.4) is 0 Å². The molecular formula is C25H22N2O4. The summed E-state index contributed by atoms with van der Waals surface area (Å²) in [6, 6.07) is 19.0. The fraction of sp³-hybridized carbons (Fsp3) is 0.160. The van der Waals surface area contributed by atoms with Gasteiger partial charge in [0.25, 0.3) is 11.7 Å². The van der Waals surface area contributed by atoms with Crippen LogP contribution in [0.2, 0.25) is 0 Å². The monoisotopic (exact) mass is 414 g/mol. The Hall–Kier alpha value is -3.93. The van der Waals surface area contributed by atoms with E-state index in [0.717, 1.165) is 11.1 Å². The highest BCUT2D eigenvalue weighted by Gasteiger charge is 2.46. The number of pyridine rings is 1. The zero-order valence-corrected chi connectivity index (χ0v) is 17.3. The maximum atomic E-state index is 13.0. The highest BCUT2D eigenvalue weighted by molar-refractivity contribution is 6.46. The molecule has 1 amide bonds. The molecule has 0 aliphatic carbocycles. The molecule has 3 aromatic rings. The summed E-state index contributed by atoms with van der Waals surface area (Å²) in [6.07, 6.45) is 1.60. The van der Waals surface area contributed by atoms with Gasteiger partial charge in [-0.3, -0.25) is 14.6 Å². The molecule has 6 nitrogen and oxygen atoms in total. The molecule has 1 N–H and O–H groups in total. The molecule has 0 bridgehead atoms. The first-order valence-electron chi connectivity index (χ1n) is 9.89. The number of aromatic nitrogens is 1. The summed E-state index contributed by atoms with van der Waals surface area (Å²) >= 11 is 0. The van der Waals surface area contributed by atoms with E-state index in [1.807, 2.05) is 43.3 Å². The highest BCUT2D eigenvalue weighted by atomic mass is 16.5. The van der Waals surface area contributed by atoms with Gasteiger partial charge in [0.1, 0.15) is 17.6 Å². The fourth-order valence-corrected chi connectivity index (χ4v) is 3.72. The lowest BCUT2D eigenvalue weighted by Crippen LogP contribution is -2.29. The molecule has 4 rings (SSSR count). The van der Waals surface area contributed by atoms with Crippen molar-refractivity contribution in [3.63, 3.8) is 0 Å². The Bertz CT molecular complexity index is 1150. The van der Waals surface area contributed by atoms with Crippen LogP contribution in [0.5, 0.6) is 5.75 Å². The first-order chi connectivity index (χ1) is 15.0. The van der Waals surface area contributed by atoms with Gasteiger partial charge in [-0.15, -0.1) is 0 Å². The van der Waals surface area contributed by atoms with Crippen LogP contribution in [0.15, 0.2) is 78.5 Å². The topological polar surface area (TPSA) is 79.7 Å². The molecule has 1 atom stereocenters. The third-order valence-corrected chi connectivity index (χ3v) is 5.32. The van der Waals surface area contributed by atoms with Crippen LogP contribution in [0.25, 0.3) is 5.76 Å². The molecule has 1 aromatic heterocycles. The summed E-state index contributed by atoms with van der Waals surface area (Å²) in [6.45, 7) is 2.11. The van der Waals surface area contributed by atoms with Gasteiger partial charge < -0.3 is 14.7 Å². The Morgan fingerprint density at radius 3 is 2.52 bits per heavy atom. The number of Topliss-reactive ketones (excluding diaryl/α,β-unsaturated/α-hetero) is 1. The number of carbonyl (C=O) groups is 2. The lowest BCUT2D eigenvalue weighted by atomic mass is 9.98. The SMILES string of the molecule is COc1cccc(CN2C(=O)C(=O)/C(=C(\O)c3ccc(C)cc3)C2c2ccccn2)c1. The van der Waals surface area contributed by atoms with E-state index >= 15 is 0 Å². The number of methoxy groups -OCH3 is 1. The minimum atomic E-state index is -0.797. The zero-order valence-electron chi connectivity index (χ0n) is 17.3. The van der Waals surface area contributed by atoms with Gasteiger partial charge in [0.05, 0.1) is 18.4 Å². The molecule has 0 saturated carbocycles. The minimum Gasteiger partial charge on any atom is -0.507 e. The van der Waals surface area contributed by atoms with E-state index in [4.69, 9.17) is 4.74 Å². The van der Waals surface area contributed by atoms with Crippen molar-refractivity contribution < 1.29 is 19.4 Å². The van der Waals surface area contributed by atoms with Crippen LogP contribution >= 0.6 is 0 Å². The number of amides is 1. The Kier molecular flexibility index (Phi) is 5.54. The molecule has 1 fully saturated rings. The summed E-state index contributed by atoms with van der Waals surface area (Å²) < 4.78 is 5.27. The number of aliphatic hydroxyl groups is 1. The summed E-state index contributed by atoms with van der Waals surface area (Å²) in [4.78, 5) is 31.9. The maximum absolute atomic E-state index is 13.0. The standard InChI is InChI=1S/C25H22N2O4/c1-16-9-11-18(12-10-16)23(28)21-22(20-8-3-4-13-26-20)27(25(30)24(21)29)15-17-6-5-7-19(14-17)31-2/h3-14,22,28H,15H2,1-2H3/b23-21-. The van der Waals surface area contributed by atoms with Gasteiger partial charge in [-0.25, -0.2) is 0 Å². The summed E-state index contributed by atoms with van der Waals surface area (Å²) in [5.41, 5.74) is 2.86. The van der Waals surface area contributed by atoms with E-state index in [0.29, 0.717) is 17.0 Å².